The Morgan fingerprint density at radius 1 is 1.37 bits per heavy atom. The van der Waals surface area contributed by atoms with Gasteiger partial charge in [-0.05, 0) is 44.0 Å². The highest BCUT2D eigenvalue weighted by atomic mass is 79.9. The van der Waals surface area contributed by atoms with Crippen LogP contribution in [0.3, 0.4) is 0 Å². The largest absolute Gasteiger partial charge is 0.324 e. The number of rotatable bonds is 4. The second-order valence-electron chi connectivity index (χ2n) is 3.69. The van der Waals surface area contributed by atoms with E-state index in [1.165, 1.54) is 11.3 Å². The van der Waals surface area contributed by atoms with E-state index in [-0.39, 0.29) is 12.3 Å². The molecule has 2 rings (SSSR count). The molecular weight excluding hydrogens is 415 g/mol. The van der Waals surface area contributed by atoms with Crippen LogP contribution in [-0.4, -0.2) is 10.9 Å². The number of amides is 1. The molecule has 3 nitrogen and oxygen atoms in total. The molecule has 19 heavy (non-hydrogen) atoms. The Morgan fingerprint density at radius 3 is 2.63 bits per heavy atom. The molecule has 0 atom stereocenters. The van der Waals surface area contributed by atoms with Gasteiger partial charge in [0, 0.05) is 14.3 Å². The lowest BCUT2D eigenvalue weighted by atomic mass is 10.3. The highest BCUT2D eigenvalue weighted by Gasteiger charge is 2.11. The van der Waals surface area contributed by atoms with Crippen LogP contribution in [0.1, 0.15) is 10.7 Å². The number of hydrogen-bond acceptors (Lipinski definition) is 3. The van der Waals surface area contributed by atoms with E-state index in [0.29, 0.717) is 5.88 Å². The van der Waals surface area contributed by atoms with Crippen molar-refractivity contribution in [1.29, 1.82) is 0 Å². The van der Waals surface area contributed by atoms with E-state index in [9.17, 15) is 4.79 Å². The van der Waals surface area contributed by atoms with E-state index in [1.54, 1.807) is 0 Å². The summed E-state index contributed by atoms with van der Waals surface area (Å²) in [6.07, 6.45) is 0.245. The van der Waals surface area contributed by atoms with Gasteiger partial charge in [-0.25, -0.2) is 4.98 Å². The topological polar surface area (TPSA) is 42.0 Å². The number of hydrogen-bond donors (Lipinski definition) is 1. The van der Waals surface area contributed by atoms with Crippen molar-refractivity contribution in [2.45, 2.75) is 12.3 Å². The van der Waals surface area contributed by atoms with Gasteiger partial charge in [0.2, 0.25) is 5.91 Å². The number of nitrogens with zero attached hydrogens (tertiary/aromatic N) is 1. The number of thiazole rings is 1. The van der Waals surface area contributed by atoms with Gasteiger partial charge in [0.1, 0.15) is 5.01 Å². The molecule has 0 saturated heterocycles. The standard InChI is InChI=1S/C12H9Br2ClN2OS/c13-8-2-1-3-9(14)12(8)17-10(18)4-11-16-7(5-15)6-19-11/h1-3,6H,4-5H2,(H,17,18). The predicted molar refractivity (Wildman–Crippen MR) is 85.8 cm³/mol. The molecule has 0 unspecified atom stereocenters. The molecule has 0 fully saturated rings. The van der Waals surface area contributed by atoms with Crippen molar-refractivity contribution in [3.05, 3.63) is 43.2 Å². The summed E-state index contributed by atoms with van der Waals surface area (Å²) < 4.78 is 1.66. The lowest BCUT2D eigenvalue weighted by Crippen LogP contribution is -2.15. The second-order valence-corrected chi connectivity index (χ2v) is 6.61. The van der Waals surface area contributed by atoms with E-state index in [2.05, 4.69) is 42.2 Å². The van der Waals surface area contributed by atoms with Gasteiger partial charge >= 0.3 is 0 Å². The number of aromatic nitrogens is 1. The first kappa shape index (κ1) is 15.0. The Balaban J connectivity index is 2.05. The molecule has 0 spiro atoms. The zero-order chi connectivity index (χ0) is 13.8. The van der Waals surface area contributed by atoms with Gasteiger partial charge in [0.15, 0.2) is 0 Å². The Bertz CT molecular complexity index is 583. The number of carbonyl (C=O) groups is 1. The van der Waals surface area contributed by atoms with Crippen molar-refractivity contribution in [2.24, 2.45) is 0 Å². The monoisotopic (exact) mass is 422 g/mol. The quantitative estimate of drug-likeness (QED) is 0.730. The SMILES string of the molecule is O=C(Cc1nc(CCl)cs1)Nc1c(Br)cccc1Br. The van der Waals surface area contributed by atoms with Crippen molar-refractivity contribution >= 4 is 66.4 Å². The van der Waals surface area contributed by atoms with Gasteiger partial charge in [-0.15, -0.1) is 22.9 Å². The summed E-state index contributed by atoms with van der Waals surface area (Å²) in [6.45, 7) is 0. The van der Waals surface area contributed by atoms with Crippen LogP contribution < -0.4 is 5.32 Å². The molecule has 0 bridgehead atoms. The number of benzene rings is 1. The third-order valence-electron chi connectivity index (χ3n) is 2.28. The third kappa shape index (κ3) is 4.02. The number of carbonyl (C=O) groups excluding carboxylic acids is 1. The molecule has 2 aromatic rings. The minimum absolute atomic E-state index is 0.108. The van der Waals surface area contributed by atoms with Gasteiger partial charge in [-0.3, -0.25) is 4.79 Å². The fourth-order valence-corrected chi connectivity index (χ4v) is 3.65. The number of anilines is 1. The van der Waals surface area contributed by atoms with E-state index in [0.717, 1.165) is 25.3 Å². The molecule has 0 aliphatic rings. The molecule has 1 N–H and O–H groups in total. The van der Waals surface area contributed by atoms with Crippen molar-refractivity contribution in [1.82, 2.24) is 4.98 Å². The lowest BCUT2D eigenvalue weighted by Gasteiger charge is -2.08. The molecule has 0 aliphatic carbocycles. The summed E-state index contributed by atoms with van der Waals surface area (Å²) in [6, 6.07) is 5.63. The van der Waals surface area contributed by atoms with Crippen LogP contribution in [0.25, 0.3) is 0 Å². The molecule has 7 heteroatoms. The van der Waals surface area contributed by atoms with Crippen LogP contribution >= 0.6 is 54.8 Å². The number of alkyl halides is 1. The summed E-state index contributed by atoms with van der Waals surface area (Å²) in [5, 5.41) is 5.48. The van der Waals surface area contributed by atoms with Crippen LogP contribution in [0.5, 0.6) is 0 Å². The molecule has 0 aliphatic heterocycles. The second kappa shape index (κ2) is 6.83. The van der Waals surface area contributed by atoms with Crippen LogP contribution in [0.15, 0.2) is 32.5 Å². The van der Waals surface area contributed by atoms with Gasteiger partial charge < -0.3 is 5.32 Å². The van der Waals surface area contributed by atoms with Crippen molar-refractivity contribution in [3.8, 4) is 0 Å². The average Bonchev–Trinajstić information content (AvgIpc) is 2.81. The van der Waals surface area contributed by atoms with Gasteiger partial charge in [-0.2, -0.15) is 0 Å². The first-order valence-electron chi connectivity index (χ1n) is 5.33. The summed E-state index contributed by atoms with van der Waals surface area (Å²) in [5.74, 6) is 0.261. The molecule has 100 valence electrons. The molecule has 1 heterocycles. The summed E-state index contributed by atoms with van der Waals surface area (Å²) in [7, 11) is 0. The maximum absolute atomic E-state index is 12.0. The number of nitrogens with one attached hydrogen (secondary N) is 1. The van der Waals surface area contributed by atoms with Crippen molar-refractivity contribution in [2.75, 3.05) is 5.32 Å². The Kier molecular flexibility index (Phi) is 5.38. The molecule has 1 aromatic carbocycles. The smallest absolute Gasteiger partial charge is 0.231 e. The van der Waals surface area contributed by atoms with Crippen LogP contribution in [-0.2, 0) is 17.1 Å². The predicted octanol–water partition coefficient (Wildman–Crippen LogP) is 4.59. The fraction of sp³-hybridized carbons (Fsp3) is 0.167. The molecule has 1 amide bonds. The summed E-state index contributed by atoms with van der Waals surface area (Å²) >= 11 is 13.9. The van der Waals surface area contributed by atoms with E-state index >= 15 is 0 Å². The highest BCUT2D eigenvalue weighted by Crippen LogP contribution is 2.30. The van der Waals surface area contributed by atoms with Crippen molar-refractivity contribution < 1.29 is 4.79 Å². The van der Waals surface area contributed by atoms with Crippen molar-refractivity contribution in [3.63, 3.8) is 0 Å². The van der Waals surface area contributed by atoms with Crippen LogP contribution in [0.2, 0.25) is 0 Å². The third-order valence-corrected chi connectivity index (χ3v) is 4.77. The average molecular weight is 425 g/mol. The van der Waals surface area contributed by atoms with Gasteiger partial charge in [0.25, 0.3) is 0 Å². The minimum Gasteiger partial charge on any atom is -0.324 e. The van der Waals surface area contributed by atoms with Gasteiger partial charge in [-0.1, -0.05) is 6.07 Å². The van der Waals surface area contributed by atoms with E-state index in [4.69, 9.17) is 11.6 Å². The lowest BCUT2D eigenvalue weighted by molar-refractivity contribution is -0.115. The number of halogens is 3. The maximum atomic E-state index is 12.0. The first-order valence-corrected chi connectivity index (χ1v) is 8.33. The fourth-order valence-electron chi connectivity index (χ4n) is 1.43. The Labute approximate surface area is 136 Å². The minimum atomic E-state index is -0.108. The molecule has 0 saturated carbocycles. The highest BCUT2D eigenvalue weighted by molar-refractivity contribution is 9.11. The van der Waals surface area contributed by atoms with E-state index < -0.39 is 0 Å². The Hall–Kier alpha value is -0.430. The first-order chi connectivity index (χ1) is 9.10. The van der Waals surface area contributed by atoms with E-state index in [1.807, 2.05) is 23.6 Å². The maximum Gasteiger partial charge on any atom is 0.231 e. The zero-order valence-corrected chi connectivity index (χ0v) is 14.4. The zero-order valence-electron chi connectivity index (χ0n) is 9.62. The summed E-state index contributed by atoms with van der Waals surface area (Å²) in [5.41, 5.74) is 1.53. The normalized spacial score (nSPS) is 10.5. The molecular formula is C12H9Br2ClN2OS. The molecule has 1 aromatic heterocycles. The van der Waals surface area contributed by atoms with Crippen LogP contribution in [0.4, 0.5) is 5.69 Å². The van der Waals surface area contributed by atoms with Crippen LogP contribution in [0, 0.1) is 0 Å². The van der Waals surface area contributed by atoms with Gasteiger partial charge in [0.05, 0.1) is 23.7 Å². The summed E-state index contributed by atoms with van der Waals surface area (Å²) in [4.78, 5) is 16.2. The Morgan fingerprint density at radius 2 is 2.05 bits per heavy atom. The number of para-hydroxylation sites is 1. The molecule has 0 radical (unpaired) electrons.